The third-order valence-electron chi connectivity index (χ3n) is 3.05. The molecule has 2 aromatic heterocycles. The van der Waals surface area contributed by atoms with Gasteiger partial charge in [-0.1, -0.05) is 18.2 Å². The highest BCUT2D eigenvalue weighted by atomic mass is 32.2. The van der Waals surface area contributed by atoms with Crippen LogP contribution in [0, 0.1) is 0 Å². The summed E-state index contributed by atoms with van der Waals surface area (Å²) >= 11 is 0.792. The zero-order chi connectivity index (χ0) is 16.7. The van der Waals surface area contributed by atoms with Crippen molar-refractivity contribution in [2.24, 2.45) is 0 Å². The van der Waals surface area contributed by atoms with E-state index in [1.54, 1.807) is 18.2 Å². The monoisotopic (exact) mass is 358 g/mol. The molecule has 0 spiro atoms. The zero-order valence-corrected chi connectivity index (χ0v) is 13.0. The molecule has 0 amide bonds. The van der Waals surface area contributed by atoms with Gasteiger partial charge >= 0.3 is 6.18 Å². The van der Waals surface area contributed by atoms with Crippen LogP contribution in [0.15, 0.2) is 57.8 Å². The predicted octanol–water partition coefficient (Wildman–Crippen LogP) is 3.99. The number of aromatic nitrogens is 2. The lowest BCUT2D eigenvalue weighted by Crippen LogP contribution is -2.04. The Balaban J connectivity index is 1.97. The highest BCUT2D eigenvalue weighted by Gasteiger charge is 2.34. The molecule has 0 aliphatic rings. The Morgan fingerprint density at radius 1 is 1.09 bits per heavy atom. The molecule has 0 aliphatic carbocycles. The van der Waals surface area contributed by atoms with E-state index in [9.17, 15) is 21.6 Å². The Morgan fingerprint density at radius 2 is 1.78 bits per heavy atom. The van der Waals surface area contributed by atoms with Crippen LogP contribution in [0.5, 0.6) is 0 Å². The SMILES string of the molecule is O=S(=O)(c1ccccc1)c1c[nH]c(-c2nc(C(F)(F)F)cs2)c1. The van der Waals surface area contributed by atoms with E-state index >= 15 is 0 Å². The number of H-pyrrole nitrogens is 1. The van der Waals surface area contributed by atoms with Crippen LogP contribution in [0.3, 0.4) is 0 Å². The van der Waals surface area contributed by atoms with Crippen molar-refractivity contribution in [3.8, 4) is 10.7 Å². The van der Waals surface area contributed by atoms with Gasteiger partial charge in [0.25, 0.3) is 0 Å². The molecule has 3 aromatic rings. The number of hydrogen-bond donors (Lipinski definition) is 1. The summed E-state index contributed by atoms with van der Waals surface area (Å²) in [4.78, 5) is 6.24. The quantitative estimate of drug-likeness (QED) is 0.770. The molecule has 0 aliphatic heterocycles. The van der Waals surface area contributed by atoms with Crippen molar-refractivity contribution < 1.29 is 21.6 Å². The van der Waals surface area contributed by atoms with Crippen molar-refractivity contribution in [1.82, 2.24) is 9.97 Å². The van der Waals surface area contributed by atoms with Gasteiger partial charge < -0.3 is 4.98 Å². The summed E-state index contributed by atoms with van der Waals surface area (Å²) in [6, 6.07) is 9.06. The van der Waals surface area contributed by atoms with Crippen molar-refractivity contribution in [2.45, 2.75) is 16.0 Å². The van der Waals surface area contributed by atoms with E-state index in [1.165, 1.54) is 24.4 Å². The van der Waals surface area contributed by atoms with Crippen LogP contribution in [0.4, 0.5) is 13.2 Å². The molecular weight excluding hydrogens is 349 g/mol. The van der Waals surface area contributed by atoms with Crippen molar-refractivity contribution in [3.05, 3.63) is 53.7 Å². The summed E-state index contributed by atoms with van der Waals surface area (Å²) in [5.41, 5.74) is -0.778. The molecule has 0 unspecified atom stereocenters. The Kier molecular flexibility index (Phi) is 3.77. The highest BCUT2D eigenvalue weighted by molar-refractivity contribution is 7.91. The van der Waals surface area contributed by atoms with Crippen molar-refractivity contribution in [3.63, 3.8) is 0 Å². The molecule has 0 bridgehead atoms. The van der Waals surface area contributed by atoms with Gasteiger partial charge in [-0.15, -0.1) is 11.3 Å². The molecule has 0 radical (unpaired) electrons. The Morgan fingerprint density at radius 3 is 2.39 bits per heavy atom. The molecule has 23 heavy (non-hydrogen) atoms. The van der Waals surface area contributed by atoms with Gasteiger partial charge in [-0.3, -0.25) is 0 Å². The van der Waals surface area contributed by atoms with Crippen LogP contribution in [-0.4, -0.2) is 18.4 Å². The van der Waals surface area contributed by atoms with Crippen molar-refractivity contribution in [1.29, 1.82) is 0 Å². The van der Waals surface area contributed by atoms with Gasteiger partial charge in [0.05, 0.1) is 15.5 Å². The van der Waals surface area contributed by atoms with Crippen LogP contribution in [-0.2, 0) is 16.0 Å². The number of nitrogens with one attached hydrogen (secondary N) is 1. The second-order valence-corrected chi connectivity index (χ2v) is 7.41. The van der Waals surface area contributed by atoms with Gasteiger partial charge in [0.15, 0.2) is 5.69 Å². The number of alkyl halides is 3. The third-order valence-corrected chi connectivity index (χ3v) is 5.67. The van der Waals surface area contributed by atoms with Crippen molar-refractivity contribution >= 4 is 21.2 Å². The zero-order valence-electron chi connectivity index (χ0n) is 11.3. The molecule has 2 heterocycles. The summed E-state index contributed by atoms with van der Waals surface area (Å²) in [5.74, 6) is 0. The van der Waals surface area contributed by atoms with Crippen LogP contribution < -0.4 is 0 Å². The molecule has 9 heteroatoms. The van der Waals surface area contributed by atoms with Crippen molar-refractivity contribution in [2.75, 3.05) is 0 Å². The Labute approximate surface area is 133 Å². The molecule has 1 aromatic carbocycles. The number of aromatic amines is 1. The van der Waals surface area contributed by atoms with Crippen LogP contribution >= 0.6 is 11.3 Å². The number of thiazole rings is 1. The number of benzene rings is 1. The third kappa shape index (κ3) is 3.02. The van der Waals surface area contributed by atoms with Gasteiger partial charge in [-0.2, -0.15) is 13.2 Å². The Bertz CT molecular complexity index is 928. The summed E-state index contributed by atoms with van der Waals surface area (Å²) in [5, 5.41) is 0.966. The molecule has 120 valence electrons. The molecule has 0 saturated heterocycles. The van der Waals surface area contributed by atoms with E-state index in [1.807, 2.05) is 0 Å². The van der Waals surface area contributed by atoms with E-state index in [0.717, 1.165) is 16.7 Å². The summed E-state index contributed by atoms with van der Waals surface area (Å²) in [6.45, 7) is 0. The number of hydrogen-bond acceptors (Lipinski definition) is 4. The van der Waals surface area contributed by atoms with Gasteiger partial charge in [-0.25, -0.2) is 13.4 Å². The van der Waals surface area contributed by atoms with E-state index in [-0.39, 0.29) is 20.5 Å². The van der Waals surface area contributed by atoms with E-state index in [2.05, 4.69) is 9.97 Å². The summed E-state index contributed by atoms with van der Waals surface area (Å²) in [6.07, 6.45) is -3.29. The average molecular weight is 358 g/mol. The minimum Gasteiger partial charge on any atom is -0.358 e. The Hall–Kier alpha value is -2.13. The fourth-order valence-corrected chi connectivity index (χ4v) is 4.00. The molecule has 0 fully saturated rings. The number of halogens is 3. The second-order valence-electron chi connectivity index (χ2n) is 4.60. The minimum atomic E-state index is -4.53. The van der Waals surface area contributed by atoms with Gasteiger partial charge in [0, 0.05) is 11.6 Å². The standard InChI is InChI=1S/C14H9F3N2O2S2/c15-14(16,17)12-8-22-13(19-12)11-6-10(7-18-11)23(20,21)9-4-2-1-3-5-9/h1-8,18H. The number of sulfone groups is 1. The summed E-state index contributed by atoms with van der Waals surface area (Å²) < 4.78 is 62.6. The lowest BCUT2D eigenvalue weighted by molar-refractivity contribution is -0.140. The maximum atomic E-state index is 12.6. The lowest BCUT2D eigenvalue weighted by atomic mass is 10.4. The van der Waals surface area contributed by atoms with Crippen LogP contribution in [0.2, 0.25) is 0 Å². The maximum absolute atomic E-state index is 12.6. The number of nitrogens with zero attached hydrogens (tertiary/aromatic N) is 1. The average Bonchev–Trinajstić information content (AvgIpc) is 3.16. The minimum absolute atomic E-state index is 0.0255. The molecule has 0 atom stereocenters. The van der Waals surface area contributed by atoms with Gasteiger partial charge in [0.2, 0.25) is 9.84 Å². The lowest BCUT2D eigenvalue weighted by Gasteiger charge is -2.00. The largest absolute Gasteiger partial charge is 0.434 e. The normalized spacial score (nSPS) is 12.5. The first-order chi connectivity index (χ1) is 10.8. The molecule has 1 N–H and O–H groups in total. The molecule has 3 rings (SSSR count). The predicted molar refractivity (Wildman–Crippen MR) is 78.8 cm³/mol. The van der Waals surface area contributed by atoms with E-state index in [4.69, 9.17) is 0 Å². The fourth-order valence-electron chi connectivity index (χ4n) is 1.92. The fraction of sp³-hybridized carbons (Fsp3) is 0.0714. The maximum Gasteiger partial charge on any atom is 0.434 e. The molecule has 4 nitrogen and oxygen atoms in total. The topological polar surface area (TPSA) is 62.8 Å². The first-order valence-corrected chi connectivity index (χ1v) is 8.66. The smallest absolute Gasteiger partial charge is 0.358 e. The molecular formula is C14H9F3N2O2S2. The van der Waals surface area contributed by atoms with E-state index in [0.29, 0.717) is 0 Å². The van der Waals surface area contributed by atoms with E-state index < -0.39 is 21.7 Å². The second kappa shape index (κ2) is 5.50. The first kappa shape index (κ1) is 15.8. The van der Waals surface area contributed by atoms with Crippen LogP contribution in [0.25, 0.3) is 10.7 Å². The van der Waals surface area contributed by atoms with Gasteiger partial charge in [-0.05, 0) is 18.2 Å². The van der Waals surface area contributed by atoms with Gasteiger partial charge in [0.1, 0.15) is 5.01 Å². The first-order valence-electron chi connectivity index (χ1n) is 6.30. The highest BCUT2D eigenvalue weighted by Crippen LogP contribution is 2.34. The van der Waals surface area contributed by atoms with Crippen LogP contribution in [0.1, 0.15) is 5.69 Å². The number of rotatable bonds is 3. The molecule has 0 saturated carbocycles. The summed E-state index contributed by atoms with van der Waals surface area (Å²) in [7, 11) is -3.72.